The molecule has 0 aliphatic heterocycles. The lowest BCUT2D eigenvalue weighted by Gasteiger charge is -2.20. The third-order valence-electron chi connectivity index (χ3n) is 4.50. The normalized spacial score (nSPS) is 12.9. The van der Waals surface area contributed by atoms with E-state index in [2.05, 4.69) is 10.0 Å². The molecule has 0 fully saturated rings. The molecule has 5 nitrogen and oxygen atoms in total. The quantitative estimate of drug-likeness (QED) is 0.503. The van der Waals surface area contributed by atoms with Crippen LogP contribution in [0.3, 0.4) is 0 Å². The number of benzene rings is 3. The lowest BCUT2D eigenvalue weighted by atomic mass is 10.1. The van der Waals surface area contributed by atoms with Gasteiger partial charge in [-0.3, -0.25) is 4.79 Å². The number of anilines is 1. The van der Waals surface area contributed by atoms with Crippen LogP contribution < -0.4 is 10.0 Å². The number of carbonyl (C=O) groups is 1. The van der Waals surface area contributed by atoms with Crippen molar-refractivity contribution < 1.29 is 26.4 Å². The Morgan fingerprint density at radius 2 is 1.53 bits per heavy atom. The molecule has 168 valence electrons. The zero-order valence-corrected chi connectivity index (χ0v) is 18.0. The predicted molar refractivity (Wildman–Crippen MR) is 116 cm³/mol. The van der Waals surface area contributed by atoms with Gasteiger partial charge in [-0.05, 0) is 42.3 Å². The van der Waals surface area contributed by atoms with E-state index in [1.165, 1.54) is 24.3 Å². The number of hydrogen-bond acceptors (Lipinski definition) is 3. The largest absolute Gasteiger partial charge is 0.416 e. The Kier molecular flexibility index (Phi) is 7.22. The molecule has 0 saturated carbocycles. The van der Waals surface area contributed by atoms with E-state index in [0.717, 1.165) is 12.1 Å². The fourth-order valence-electron chi connectivity index (χ4n) is 2.91. The maximum atomic E-state index is 13.0. The summed E-state index contributed by atoms with van der Waals surface area (Å²) in [6, 6.07) is 17.2. The van der Waals surface area contributed by atoms with Crippen molar-refractivity contribution in [2.24, 2.45) is 0 Å². The van der Waals surface area contributed by atoms with E-state index in [9.17, 15) is 26.4 Å². The Hall–Kier alpha value is -2.88. The first-order chi connectivity index (χ1) is 15.1. The molecule has 0 radical (unpaired) electrons. The second kappa shape index (κ2) is 9.72. The highest BCUT2D eigenvalue weighted by atomic mass is 35.5. The van der Waals surface area contributed by atoms with Crippen molar-refractivity contribution in [1.29, 1.82) is 0 Å². The second-order valence-electron chi connectivity index (χ2n) is 6.86. The lowest BCUT2D eigenvalue weighted by molar-refractivity contribution is -0.137. The molecule has 1 amide bonds. The summed E-state index contributed by atoms with van der Waals surface area (Å²) in [5.41, 5.74) is -0.622. The molecule has 3 aromatic carbocycles. The van der Waals surface area contributed by atoms with Crippen LogP contribution in [0, 0.1) is 0 Å². The predicted octanol–water partition coefficient (Wildman–Crippen LogP) is 4.89. The first-order valence-corrected chi connectivity index (χ1v) is 11.2. The van der Waals surface area contributed by atoms with Crippen molar-refractivity contribution in [2.75, 3.05) is 5.32 Å². The summed E-state index contributed by atoms with van der Waals surface area (Å²) in [6.45, 7) is 0. The van der Waals surface area contributed by atoms with Crippen LogP contribution in [0.1, 0.15) is 11.1 Å². The highest BCUT2D eigenvalue weighted by Gasteiger charge is 2.32. The summed E-state index contributed by atoms with van der Waals surface area (Å²) < 4.78 is 67.0. The highest BCUT2D eigenvalue weighted by molar-refractivity contribution is 7.89. The van der Waals surface area contributed by atoms with Gasteiger partial charge in [0, 0.05) is 0 Å². The number of sulfonamides is 1. The molecule has 2 N–H and O–H groups in total. The van der Waals surface area contributed by atoms with Crippen molar-refractivity contribution in [1.82, 2.24) is 4.72 Å². The maximum Gasteiger partial charge on any atom is 0.416 e. The third kappa shape index (κ3) is 6.09. The van der Waals surface area contributed by atoms with Gasteiger partial charge in [0.05, 0.1) is 21.2 Å². The molecule has 3 rings (SSSR count). The smallest absolute Gasteiger partial charge is 0.323 e. The van der Waals surface area contributed by atoms with Gasteiger partial charge in [-0.25, -0.2) is 8.42 Å². The fourth-order valence-corrected chi connectivity index (χ4v) is 4.29. The summed E-state index contributed by atoms with van der Waals surface area (Å²) in [6.07, 6.45) is -4.67. The van der Waals surface area contributed by atoms with E-state index in [1.54, 1.807) is 36.4 Å². The van der Waals surface area contributed by atoms with E-state index in [4.69, 9.17) is 11.6 Å². The van der Waals surface area contributed by atoms with E-state index in [-0.39, 0.29) is 22.0 Å². The van der Waals surface area contributed by atoms with Crippen LogP contribution in [0.15, 0.2) is 83.8 Å². The van der Waals surface area contributed by atoms with Crippen LogP contribution in [0.4, 0.5) is 18.9 Å². The van der Waals surface area contributed by atoms with Crippen LogP contribution in [-0.2, 0) is 27.4 Å². The minimum atomic E-state index is -4.64. The Labute approximate surface area is 188 Å². The summed E-state index contributed by atoms with van der Waals surface area (Å²) in [4.78, 5) is 12.9. The number of hydrogen-bond donors (Lipinski definition) is 2. The Morgan fingerprint density at radius 1 is 0.938 bits per heavy atom. The van der Waals surface area contributed by atoms with E-state index < -0.39 is 33.7 Å². The van der Waals surface area contributed by atoms with Crippen LogP contribution in [0.5, 0.6) is 0 Å². The number of alkyl halides is 3. The van der Waals surface area contributed by atoms with Crippen LogP contribution in [0.25, 0.3) is 0 Å². The molecular formula is C22H18ClF3N2O3S. The van der Waals surface area contributed by atoms with Gasteiger partial charge in [-0.1, -0.05) is 60.1 Å². The molecule has 0 saturated heterocycles. The minimum Gasteiger partial charge on any atom is -0.323 e. The van der Waals surface area contributed by atoms with Crippen molar-refractivity contribution in [3.8, 4) is 0 Å². The van der Waals surface area contributed by atoms with Gasteiger partial charge in [0.15, 0.2) is 0 Å². The fraction of sp³-hybridized carbons (Fsp3) is 0.136. The molecule has 0 heterocycles. The van der Waals surface area contributed by atoms with Crippen LogP contribution >= 0.6 is 11.6 Å². The Morgan fingerprint density at radius 3 is 2.12 bits per heavy atom. The minimum absolute atomic E-state index is 0.0324. The van der Waals surface area contributed by atoms with Crippen molar-refractivity contribution in [2.45, 2.75) is 23.5 Å². The van der Waals surface area contributed by atoms with Crippen molar-refractivity contribution in [3.63, 3.8) is 0 Å². The van der Waals surface area contributed by atoms with Gasteiger partial charge in [0.25, 0.3) is 0 Å². The van der Waals surface area contributed by atoms with E-state index >= 15 is 0 Å². The number of nitrogens with one attached hydrogen (secondary N) is 2. The summed E-state index contributed by atoms with van der Waals surface area (Å²) in [5.74, 6) is -0.852. The molecule has 1 atom stereocenters. The topological polar surface area (TPSA) is 75.3 Å². The van der Waals surface area contributed by atoms with Crippen LogP contribution in [0.2, 0.25) is 5.02 Å². The van der Waals surface area contributed by atoms with Gasteiger partial charge >= 0.3 is 6.18 Å². The molecule has 10 heteroatoms. The first-order valence-electron chi connectivity index (χ1n) is 9.35. The average molecular weight is 483 g/mol. The molecular weight excluding hydrogens is 465 g/mol. The average Bonchev–Trinajstić information content (AvgIpc) is 2.75. The zero-order chi connectivity index (χ0) is 23.4. The number of carbonyl (C=O) groups excluding carboxylic acids is 1. The summed E-state index contributed by atoms with van der Waals surface area (Å²) >= 11 is 5.96. The Balaban J connectivity index is 1.90. The molecule has 0 aromatic heterocycles. The van der Waals surface area contributed by atoms with E-state index in [0.29, 0.717) is 11.6 Å². The van der Waals surface area contributed by atoms with Gasteiger partial charge in [0.1, 0.15) is 6.04 Å². The van der Waals surface area contributed by atoms with Gasteiger partial charge in [-0.15, -0.1) is 0 Å². The van der Waals surface area contributed by atoms with Gasteiger partial charge in [-0.2, -0.15) is 17.9 Å². The number of rotatable bonds is 7. The zero-order valence-electron chi connectivity index (χ0n) is 16.4. The molecule has 0 spiro atoms. The van der Waals surface area contributed by atoms with Gasteiger partial charge in [0.2, 0.25) is 15.9 Å². The second-order valence-corrected chi connectivity index (χ2v) is 8.98. The lowest BCUT2D eigenvalue weighted by Crippen LogP contribution is -2.45. The molecule has 0 bridgehead atoms. The summed E-state index contributed by atoms with van der Waals surface area (Å²) in [7, 11) is -4.08. The van der Waals surface area contributed by atoms with Crippen molar-refractivity contribution >= 4 is 33.2 Å². The van der Waals surface area contributed by atoms with Crippen LogP contribution in [-0.4, -0.2) is 20.4 Å². The number of halogens is 4. The Bertz CT molecular complexity index is 1190. The van der Waals surface area contributed by atoms with Gasteiger partial charge < -0.3 is 5.32 Å². The number of amides is 1. The standard InChI is InChI=1S/C22H18ClF3N2O3S/c23-18-12-11-16(22(24,25)26)14-19(18)27-21(29)20(13-15-7-3-1-4-8-15)28-32(30,31)17-9-5-2-6-10-17/h1-12,14,20,28H,13H2,(H,27,29)/t20-/m0/s1. The molecule has 0 aliphatic carbocycles. The monoisotopic (exact) mass is 482 g/mol. The van der Waals surface area contributed by atoms with E-state index in [1.807, 2.05) is 0 Å². The SMILES string of the molecule is O=C(Nc1cc(C(F)(F)F)ccc1Cl)[C@H](Cc1ccccc1)NS(=O)(=O)c1ccccc1. The highest BCUT2D eigenvalue weighted by Crippen LogP contribution is 2.34. The summed E-state index contributed by atoms with van der Waals surface area (Å²) in [5, 5.41) is 2.20. The third-order valence-corrected chi connectivity index (χ3v) is 6.32. The molecule has 0 aliphatic rings. The molecule has 0 unspecified atom stereocenters. The molecule has 32 heavy (non-hydrogen) atoms. The van der Waals surface area contributed by atoms with Crippen molar-refractivity contribution in [3.05, 3.63) is 95.0 Å². The maximum absolute atomic E-state index is 13.0. The first kappa shape index (κ1) is 23.8. The molecule has 3 aromatic rings.